The van der Waals surface area contributed by atoms with Gasteiger partial charge in [0.15, 0.2) is 6.61 Å². The summed E-state index contributed by atoms with van der Waals surface area (Å²) < 4.78 is 10.3. The zero-order valence-corrected chi connectivity index (χ0v) is 14.8. The molecule has 0 saturated heterocycles. The SMILES string of the molecule is COC(=O)c1ccccc1OCC(=O)Nc1ccccc1-c1ccccc1. The maximum Gasteiger partial charge on any atom is 0.341 e. The van der Waals surface area contributed by atoms with Gasteiger partial charge in [-0.3, -0.25) is 4.79 Å². The first-order chi connectivity index (χ1) is 13.2. The van der Waals surface area contributed by atoms with Crippen molar-refractivity contribution in [1.29, 1.82) is 0 Å². The van der Waals surface area contributed by atoms with E-state index in [-0.39, 0.29) is 18.1 Å². The summed E-state index contributed by atoms with van der Waals surface area (Å²) in [6.45, 7) is -0.225. The number of para-hydroxylation sites is 2. The van der Waals surface area contributed by atoms with Crippen LogP contribution in [0.2, 0.25) is 0 Å². The monoisotopic (exact) mass is 361 g/mol. The van der Waals surface area contributed by atoms with Crippen LogP contribution in [0.4, 0.5) is 5.69 Å². The van der Waals surface area contributed by atoms with Crippen LogP contribution in [0.1, 0.15) is 10.4 Å². The van der Waals surface area contributed by atoms with E-state index in [1.54, 1.807) is 24.3 Å². The summed E-state index contributed by atoms with van der Waals surface area (Å²) in [7, 11) is 1.30. The molecule has 0 aromatic heterocycles. The van der Waals surface area contributed by atoms with Gasteiger partial charge in [-0.2, -0.15) is 0 Å². The number of rotatable bonds is 6. The number of anilines is 1. The van der Waals surface area contributed by atoms with E-state index in [1.807, 2.05) is 54.6 Å². The molecule has 27 heavy (non-hydrogen) atoms. The van der Waals surface area contributed by atoms with Crippen LogP contribution in [-0.4, -0.2) is 25.6 Å². The van der Waals surface area contributed by atoms with Crippen LogP contribution in [0.5, 0.6) is 5.75 Å². The summed E-state index contributed by atoms with van der Waals surface area (Å²) in [6, 6.07) is 24.0. The Morgan fingerprint density at radius 1 is 0.852 bits per heavy atom. The number of nitrogens with one attached hydrogen (secondary N) is 1. The third-order valence-electron chi connectivity index (χ3n) is 3.94. The van der Waals surface area contributed by atoms with Crippen molar-refractivity contribution in [1.82, 2.24) is 0 Å². The number of hydrogen-bond donors (Lipinski definition) is 1. The highest BCUT2D eigenvalue weighted by Gasteiger charge is 2.14. The fraction of sp³-hybridized carbons (Fsp3) is 0.0909. The molecule has 0 aliphatic rings. The first-order valence-corrected chi connectivity index (χ1v) is 8.43. The molecule has 1 N–H and O–H groups in total. The van der Waals surface area contributed by atoms with Crippen LogP contribution in [0.15, 0.2) is 78.9 Å². The number of carbonyl (C=O) groups is 2. The number of esters is 1. The second-order valence-corrected chi connectivity index (χ2v) is 5.74. The van der Waals surface area contributed by atoms with Gasteiger partial charge in [0, 0.05) is 11.3 Å². The first kappa shape index (κ1) is 18.2. The summed E-state index contributed by atoms with van der Waals surface area (Å²) in [5.41, 5.74) is 2.89. The molecule has 136 valence electrons. The average molecular weight is 361 g/mol. The van der Waals surface area contributed by atoms with E-state index in [0.29, 0.717) is 11.4 Å². The van der Waals surface area contributed by atoms with Crippen LogP contribution in [0, 0.1) is 0 Å². The van der Waals surface area contributed by atoms with E-state index in [2.05, 4.69) is 5.32 Å². The molecule has 3 aromatic rings. The van der Waals surface area contributed by atoms with E-state index in [4.69, 9.17) is 9.47 Å². The number of benzene rings is 3. The van der Waals surface area contributed by atoms with E-state index in [9.17, 15) is 9.59 Å². The third-order valence-corrected chi connectivity index (χ3v) is 3.94. The highest BCUT2D eigenvalue weighted by molar-refractivity contribution is 5.97. The zero-order valence-electron chi connectivity index (χ0n) is 14.8. The van der Waals surface area contributed by atoms with E-state index < -0.39 is 5.97 Å². The van der Waals surface area contributed by atoms with Crippen LogP contribution in [-0.2, 0) is 9.53 Å². The van der Waals surface area contributed by atoms with E-state index in [1.165, 1.54) is 7.11 Å². The lowest BCUT2D eigenvalue weighted by molar-refractivity contribution is -0.118. The Morgan fingerprint density at radius 3 is 2.30 bits per heavy atom. The molecule has 0 aliphatic heterocycles. The molecule has 3 rings (SSSR count). The van der Waals surface area contributed by atoms with Crippen molar-refractivity contribution in [2.24, 2.45) is 0 Å². The molecule has 0 unspecified atom stereocenters. The highest BCUT2D eigenvalue weighted by atomic mass is 16.5. The van der Waals surface area contributed by atoms with Gasteiger partial charge in [0.1, 0.15) is 11.3 Å². The van der Waals surface area contributed by atoms with Crippen molar-refractivity contribution < 1.29 is 19.1 Å². The molecule has 0 saturated carbocycles. The third kappa shape index (κ3) is 4.52. The van der Waals surface area contributed by atoms with E-state index >= 15 is 0 Å². The van der Waals surface area contributed by atoms with Crippen molar-refractivity contribution >= 4 is 17.6 Å². The number of carbonyl (C=O) groups excluding carboxylic acids is 2. The molecule has 5 heteroatoms. The first-order valence-electron chi connectivity index (χ1n) is 8.43. The minimum Gasteiger partial charge on any atom is -0.483 e. The number of hydrogen-bond acceptors (Lipinski definition) is 4. The summed E-state index contributed by atoms with van der Waals surface area (Å²) in [5, 5.41) is 2.86. The molecule has 0 fully saturated rings. The minimum atomic E-state index is -0.513. The maximum absolute atomic E-state index is 12.4. The second-order valence-electron chi connectivity index (χ2n) is 5.74. The van der Waals surface area contributed by atoms with Gasteiger partial charge in [-0.05, 0) is 23.8 Å². The molecule has 1 amide bonds. The van der Waals surface area contributed by atoms with Crippen molar-refractivity contribution in [3.05, 3.63) is 84.4 Å². The van der Waals surface area contributed by atoms with Crippen LogP contribution in [0.25, 0.3) is 11.1 Å². The van der Waals surface area contributed by atoms with Gasteiger partial charge < -0.3 is 14.8 Å². The Bertz CT molecular complexity index is 938. The van der Waals surface area contributed by atoms with Crippen molar-refractivity contribution in [2.75, 3.05) is 19.0 Å². The number of amides is 1. The van der Waals surface area contributed by atoms with Crippen molar-refractivity contribution in [3.63, 3.8) is 0 Å². The molecule has 0 spiro atoms. The standard InChI is InChI=1S/C22H19NO4/c1-26-22(25)18-12-6-8-14-20(18)27-15-21(24)23-19-13-7-5-11-17(19)16-9-3-2-4-10-16/h2-14H,15H2,1H3,(H,23,24). The molecule has 3 aromatic carbocycles. The second kappa shape index (κ2) is 8.67. The Morgan fingerprint density at radius 2 is 1.52 bits per heavy atom. The van der Waals surface area contributed by atoms with Gasteiger partial charge in [0.25, 0.3) is 5.91 Å². The molecule has 5 nitrogen and oxygen atoms in total. The quantitative estimate of drug-likeness (QED) is 0.670. The maximum atomic E-state index is 12.4. The predicted molar refractivity (Wildman–Crippen MR) is 104 cm³/mol. The molecular weight excluding hydrogens is 342 g/mol. The van der Waals surface area contributed by atoms with Crippen LogP contribution in [0.3, 0.4) is 0 Å². The molecule has 0 bridgehead atoms. The largest absolute Gasteiger partial charge is 0.483 e. The van der Waals surface area contributed by atoms with Gasteiger partial charge in [0.2, 0.25) is 0 Å². The fourth-order valence-electron chi connectivity index (χ4n) is 2.66. The van der Waals surface area contributed by atoms with Crippen LogP contribution >= 0.6 is 0 Å². The van der Waals surface area contributed by atoms with Gasteiger partial charge in [0.05, 0.1) is 7.11 Å². The molecule has 0 radical (unpaired) electrons. The number of ether oxygens (including phenoxy) is 2. The summed E-state index contributed by atoms with van der Waals surface area (Å²) >= 11 is 0. The Hall–Kier alpha value is -3.60. The Labute approximate surface area is 157 Å². The van der Waals surface area contributed by atoms with Gasteiger partial charge in [-0.25, -0.2) is 4.79 Å². The van der Waals surface area contributed by atoms with Gasteiger partial charge in [-0.1, -0.05) is 60.7 Å². The summed E-state index contributed by atoms with van der Waals surface area (Å²) in [5.74, 6) is -0.533. The fourth-order valence-corrected chi connectivity index (χ4v) is 2.66. The molecule has 0 atom stereocenters. The minimum absolute atomic E-state index is 0.225. The number of methoxy groups -OCH3 is 1. The van der Waals surface area contributed by atoms with Crippen LogP contribution < -0.4 is 10.1 Å². The van der Waals surface area contributed by atoms with Crippen molar-refractivity contribution in [2.45, 2.75) is 0 Å². The smallest absolute Gasteiger partial charge is 0.341 e. The summed E-state index contributed by atoms with van der Waals surface area (Å²) in [4.78, 5) is 24.1. The zero-order chi connectivity index (χ0) is 19.1. The van der Waals surface area contributed by atoms with Gasteiger partial charge in [-0.15, -0.1) is 0 Å². The lowest BCUT2D eigenvalue weighted by Crippen LogP contribution is -2.21. The topological polar surface area (TPSA) is 64.6 Å². The average Bonchev–Trinajstić information content (AvgIpc) is 2.73. The molecule has 0 aliphatic carbocycles. The van der Waals surface area contributed by atoms with E-state index in [0.717, 1.165) is 11.1 Å². The Kier molecular flexibility index (Phi) is 5.84. The van der Waals surface area contributed by atoms with Gasteiger partial charge >= 0.3 is 5.97 Å². The normalized spacial score (nSPS) is 10.1. The lowest BCUT2D eigenvalue weighted by atomic mass is 10.0. The molecular formula is C22H19NO4. The lowest BCUT2D eigenvalue weighted by Gasteiger charge is -2.13. The van der Waals surface area contributed by atoms with Crippen molar-refractivity contribution in [3.8, 4) is 16.9 Å². The predicted octanol–water partition coefficient (Wildman–Crippen LogP) is 4.16. The Balaban J connectivity index is 1.71. The summed E-state index contributed by atoms with van der Waals surface area (Å²) in [6.07, 6.45) is 0. The molecule has 0 heterocycles. The highest BCUT2D eigenvalue weighted by Crippen LogP contribution is 2.27.